The Morgan fingerprint density at radius 1 is 1.53 bits per heavy atom. The Labute approximate surface area is 121 Å². The molecule has 1 aliphatic carbocycles. The van der Waals surface area contributed by atoms with Crippen LogP contribution in [0.15, 0.2) is 0 Å². The monoisotopic (exact) mass is 287 g/mol. The molecule has 0 aliphatic heterocycles. The van der Waals surface area contributed by atoms with E-state index in [9.17, 15) is 9.90 Å². The smallest absolute Gasteiger partial charge is 0.323 e. The summed E-state index contributed by atoms with van der Waals surface area (Å²) in [5.74, 6) is 1.24. The third-order valence-electron chi connectivity index (χ3n) is 3.88. The van der Waals surface area contributed by atoms with Crippen LogP contribution in [0.5, 0.6) is 0 Å². The fourth-order valence-corrected chi connectivity index (χ4v) is 4.31. The Bertz CT molecular complexity index is 283. The quantitative estimate of drug-likeness (QED) is 0.717. The highest BCUT2D eigenvalue weighted by Crippen LogP contribution is 2.36. The molecule has 0 bridgehead atoms. The van der Waals surface area contributed by atoms with E-state index >= 15 is 0 Å². The first-order chi connectivity index (χ1) is 9.00. The van der Waals surface area contributed by atoms with Gasteiger partial charge in [0.05, 0.1) is 0 Å². The number of thioether (sulfide) groups is 1. The first-order valence-corrected chi connectivity index (χ1v) is 8.65. The van der Waals surface area contributed by atoms with Crippen LogP contribution in [0.4, 0.5) is 0 Å². The molecule has 0 aromatic carbocycles. The summed E-state index contributed by atoms with van der Waals surface area (Å²) >= 11 is 1.98. The summed E-state index contributed by atoms with van der Waals surface area (Å²) in [6.07, 6.45) is 5.98. The van der Waals surface area contributed by atoms with E-state index in [2.05, 4.69) is 26.1 Å². The molecule has 0 heterocycles. The highest BCUT2D eigenvalue weighted by atomic mass is 32.2. The minimum atomic E-state index is -0.663. The molecule has 0 spiro atoms. The average Bonchev–Trinajstić information content (AvgIpc) is 2.36. The van der Waals surface area contributed by atoms with Crippen molar-refractivity contribution in [2.24, 2.45) is 5.92 Å². The fraction of sp³-hybridized carbons (Fsp3) is 0.933. The Morgan fingerprint density at radius 3 is 2.84 bits per heavy atom. The summed E-state index contributed by atoms with van der Waals surface area (Å²) in [6.45, 7) is 7.37. The van der Waals surface area contributed by atoms with Crippen molar-refractivity contribution in [1.29, 1.82) is 0 Å². The molecule has 19 heavy (non-hydrogen) atoms. The van der Waals surface area contributed by atoms with Crippen molar-refractivity contribution in [3.05, 3.63) is 0 Å². The van der Waals surface area contributed by atoms with Gasteiger partial charge < -0.3 is 10.4 Å². The largest absolute Gasteiger partial charge is 0.480 e. The van der Waals surface area contributed by atoms with Crippen molar-refractivity contribution in [2.75, 3.05) is 12.3 Å². The number of carboxylic acids is 1. The first kappa shape index (κ1) is 16.8. The second-order valence-corrected chi connectivity index (χ2v) is 7.49. The van der Waals surface area contributed by atoms with Crippen molar-refractivity contribution in [3.63, 3.8) is 0 Å². The summed E-state index contributed by atoms with van der Waals surface area (Å²) in [4.78, 5) is 11.6. The minimum absolute atomic E-state index is 0.507. The number of hydrogen-bond acceptors (Lipinski definition) is 3. The SMILES string of the molecule is CCCNC1(C(=O)O)CCCC(SCCC(C)C)C1. The molecule has 0 saturated heterocycles. The van der Waals surface area contributed by atoms with E-state index < -0.39 is 11.5 Å². The molecule has 112 valence electrons. The molecule has 2 unspecified atom stereocenters. The van der Waals surface area contributed by atoms with E-state index in [4.69, 9.17) is 0 Å². The topological polar surface area (TPSA) is 49.3 Å². The predicted molar refractivity (Wildman–Crippen MR) is 82.8 cm³/mol. The summed E-state index contributed by atoms with van der Waals surface area (Å²) in [5.41, 5.74) is -0.663. The molecule has 2 atom stereocenters. The van der Waals surface area contributed by atoms with Gasteiger partial charge in [-0.25, -0.2) is 0 Å². The lowest BCUT2D eigenvalue weighted by atomic mass is 9.81. The van der Waals surface area contributed by atoms with Gasteiger partial charge in [-0.1, -0.05) is 20.8 Å². The zero-order chi connectivity index (χ0) is 14.3. The molecule has 0 aromatic heterocycles. The zero-order valence-electron chi connectivity index (χ0n) is 12.6. The van der Waals surface area contributed by atoms with E-state index in [-0.39, 0.29) is 0 Å². The van der Waals surface area contributed by atoms with Gasteiger partial charge in [-0.2, -0.15) is 11.8 Å². The van der Waals surface area contributed by atoms with Crippen LogP contribution in [0.1, 0.15) is 59.3 Å². The highest BCUT2D eigenvalue weighted by Gasteiger charge is 2.42. The van der Waals surface area contributed by atoms with E-state index in [0.29, 0.717) is 5.25 Å². The molecular formula is C15H29NO2S. The van der Waals surface area contributed by atoms with Gasteiger partial charge in [0.1, 0.15) is 5.54 Å². The van der Waals surface area contributed by atoms with Crippen LogP contribution in [0, 0.1) is 5.92 Å². The number of carboxylic acid groups (broad SMARTS) is 1. The number of hydrogen-bond donors (Lipinski definition) is 2. The van der Waals surface area contributed by atoms with Gasteiger partial charge in [0.25, 0.3) is 0 Å². The summed E-state index contributed by atoms with van der Waals surface area (Å²) < 4.78 is 0. The van der Waals surface area contributed by atoms with Crippen molar-refractivity contribution in [2.45, 2.75) is 70.1 Å². The number of aliphatic carboxylic acids is 1. The molecular weight excluding hydrogens is 258 g/mol. The third kappa shape index (κ3) is 5.35. The summed E-state index contributed by atoms with van der Waals surface area (Å²) in [6, 6.07) is 0. The predicted octanol–water partition coefficient (Wildman–Crippen LogP) is 3.53. The molecule has 2 N–H and O–H groups in total. The molecule has 3 nitrogen and oxygen atoms in total. The normalized spacial score (nSPS) is 27.7. The molecule has 1 aliphatic rings. The average molecular weight is 287 g/mol. The maximum absolute atomic E-state index is 11.6. The lowest BCUT2D eigenvalue weighted by molar-refractivity contribution is -0.146. The van der Waals surface area contributed by atoms with Gasteiger partial charge in [0.15, 0.2) is 0 Å². The summed E-state index contributed by atoms with van der Waals surface area (Å²) in [5, 5.41) is 13.4. The molecule has 1 saturated carbocycles. The lowest BCUT2D eigenvalue weighted by Crippen LogP contribution is -2.55. The zero-order valence-corrected chi connectivity index (χ0v) is 13.4. The summed E-state index contributed by atoms with van der Waals surface area (Å²) in [7, 11) is 0. The molecule has 0 radical (unpaired) electrons. The van der Waals surface area contributed by atoms with Crippen LogP contribution in [-0.4, -0.2) is 34.2 Å². The maximum Gasteiger partial charge on any atom is 0.323 e. The minimum Gasteiger partial charge on any atom is -0.480 e. The van der Waals surface area contributed by atoms with E-state index in [1.807, 2.05) is 11.8 Å². The lowest BCUT2D eigenvalue weighted by Gasteiger charge is -2.38. The number of carbonyl (C=O) groups is 1. The standard InChI is InChI=1S/C15H29NO2S/c1-4-9-16-15(14(17)18)8-5-6-13(11-15)19-10-7-12(2)3/h12-13,16H,4-11H2,1-3H3,(H,17,18). The van der Waals surface area contributed by atoms with Gasteiger partial charge in [-0.3, -0.25) is 4.79 Å². The van der Waals surface area contributed by atoms with Crippen molar-refractivity contribution in [3.8, 4) is 0 Å². The van der Waals surface area contributed by atoms with Gasteiger partial charge in [0.2, 0.25) is 0 Å². The van der Waals surface area contributed by atoms with Crippen LogP contribution in [-0.2, 0) is 4.79 Å². The Morgan fingerprint density at radius 2 is 2.26 bits per heavy atom. The Hall–Kier alpha value is -0.220. The van der Waals surface area contributed by atoms with E-state index in [1.54, 1.807) is 0 Å². The van der Waals surface area contributed by atoms with Crippen LogP contribution in [0.25, 0.3) is 0 Å². The molecule has 4 heteroatoms. The molecule has 1 fully saturated rings. The van der Waals surface area contributed by atoms with Crippen molar-refractivity contribution in [1.82, 2.24) is 5.32 Å². The second-order valence-electron chi connectivity index (χ2n) is 6.09. The van der Waals surface area contributed by atoms with Crippen molar-refractivity contribution >= 4 is 17.7 Å². The van der Waals surface area contributed by atoms with E-state index in [0.717, 1.165) is 43.9 Å². The van der Waals surface area contributed by atoms with Gasteiger partial charge in [0, 0.05) is 5.25 Å². The Kier molecular flexibility index (Phi) is 7.22. The van der Waals surface area contributed by atoms with Crippen LogP contribution in [0.3, 0.4) is 0 Å². The van der Waals surface area contributed by atoms with Gasteiger partial charge in [-0.15, -0.1) is 0 Å². The molecule has 0 amide bonds. The van der Waals surface area contributed by atoms with Crippen molar-refractivity contribution < 1.29 is 9.90 Å². The molecule has 0 aromatic rings. The maximum atomic E-state index is 11.6. The van der Waals surface area contributed by atoms with Gasteiger partial charge in [-0.05, 0) is 56.7 Å². The van der Waals surface area contributed by atoms with Gasteiger partial charge >= 0.3 is 5.97 Å². The second kappa shape index (κ2) is 8.15. The first-order valence-electron chi connectivity index (χ1n) is 7.60. The highest BCUT2D eigenvalue weighted by molar-refractivity contribution is 7.99. The third-order valence-corrected chi connectivity index (χ3v) is 5.22. The van der Waals surface area contributed by atoms with Crippen LogP contribution >= 0.6 is 11.8 Å². The Balaban J connectivity index is 2.51. The van der Waals surface area contributed by atoms with E-state index in [1.165, 1.54) is 12.8 Å². The number of rotatable bonds is 8. The number of nitrogens with one attached hydrogen (secondary N) is 1. The fourth-order valence-electron chi connectivity index (χ4n) is 2.63. The van der Waals surface area contributed by atoms with Crippen LogP contribution < -0.4 is 5.32 Å². The van der Waals surface area contributed by atoms with Crippen LogP contribution in [0.2, 0.25) is 0 Å². The molecule has 1 rings (SSSR count).